The number of nitrogens with one attached hydrogen (secondary N) is 2. The number of hydrogen-bond acceptors (Lipinski definition) is 2. The van der Waals surface area contributed by atoms with Gasteiger partial charge >= 0.3 is 334 Å². The summed E-state index contributed by atoms with van der Waals surface area (Å²) >= 11 is -6.13. The summed E-state index contributed by atoms with van der Waals surface area (Å²) in [6, 6.07) is 22.0. The van der Waals surface area contributed by atoms with E-state index in [1.165, 1.54) is 55.7 Å². The summed E-state index contributed by atoms with van der Waals surface area (Å²) in [6.07, 6.45) is 7.75. The second kappa shape index (κ2) is 15.4. The van der Waals surface area contributed by atoms with Crippen LogP contribution in [-0.4, -0.2) is 17.4 Å². The molecule has 6 rings (SSSR count). The molecule has 0 bridgehead atoms. The first-order valence-electron chi connectivity index (χ1n) is 19.4. The number of allylic oxidation sites excluding steroid dienone is 2. The summed E-state index contributed by atoms with van der Waals surface area (Å²) in [4.78, 5) is 25.3. The molecule has 2 aliphatic rings. The number of carbonyl (C=O) groups is 2. The first-order chi connectivity index (χ1) is 25.6. The van der Waals surface area contributed by atoms with Gasteiger partial charge in [0, 0.05) is 0 Å². The van der Waals surface area contributed by atoms with E-state index in [2.05, 4.69) is 153 Å². The van der Waals surface area contributed by atoms with Crippen molar-refractivity contribution in [3.63, 3.8) is 0 Å². The zero-order valence-corrected chi connectivity index (χ0v) is 38.6. The maximum atomic E-state index is 12.6. The Morgan fingerprint density at radius 3 is 1.39 bits per heavy atom. The fourth-order valence-corrected chi connectivity index (χ4v) is 39.2. The number of fused-ring (bicyclic) bond motifs is 2. The van der Waals surface area contributed by atoms with Crippen LogP contribution in [0.1, 0.15) is 104 Å². The van der Waals surface area contributed by atoms with E-state index in [4.69, 9.17) is 17.2 Å². The average molecular weight is 927 g/mol. The summed E-state index contributed by atoms with van der Waals surface area (Å²) < 4.78 is -1.76. The topological polar surface area (TPSA) is 58.2 Å². The van der Waals surface area contributed by atoms with Crippen LogP contribution < -0.4 is 10.5 Å². The van der Waals surface area contributed by atoms with Crippen LogP contribution in [0.15, 0.2) is 71.8 Å². The van der Waals surface area contributed by atoms with E-state index in [0.29, 0.717) is 12.8 Å². The monoisotopic (exact) mass is 927 g/mol. The molecule has 0 saturated heterocycles. The van der Waals surface area contributed by atoms with E-state index in [9.17, 15) is 9.59 Å². The third kappa shape index (κ3) is 6.52. The molecule has 4 atom stereocenters. The zero-order chi connectivity index (χ0) is 39.3. The fraction of sp³-hybridized carbons (Fsp3) is 0.348. The Morgan fingerprint density at radius 1 is 0.648 bits per heavy atom. The predicted molar refractivity (Wildman–Crippen MR) is 228 cm³/mol. The zero-order valence-electron chi connectivity index (χ0n) is 33.5. The third-order valence-electron chi connectivity index (χ3n) is 12.9. The van der Waals surface area contributed by atoms with Crippen molar-refractivity contribution in [2.75, 3.05) is 0 Å². The minimum absolute atomic E-state index is 0.137. The summed E-state index contributed by atoms with van der Waals surface area (Å²) in [5, 5.41) is 6.06. The van der Waals surface area contributed by atoms with Gasteiger partial charge in [-0.25, -0.2) is 0 Å². The van der Waals surface area contributed by atoms with Crippen LogP contribution >= 0.6 is 17.2 Å². The van der Waals surface area contributed by atoms with Gasteiger partial charge in [-0.3, -0.25) is 0 Å². The first-order valence-corrected chi connectivity index (χ1v) is 34.6. The molecular weight excluding hydrogens is 873 g/mol. The predicted octanol–water partition coefficient (Wildman–Crippen LogP) is 12.0. The van der Waals surface area contributed by atoms with Crippen LogP contribution in [0.3, 0.4) is 0 Å². The van der Waals surface area contributed by atoms with Crippen molar-refractivity contribution in [1.29, 1.82) is 0 Å². The minimum atomic E-state index is -6.13. The molecule has 4 nitrogen and oxygen atoms in total. The normalized spacial score (nSPS) is 18.0. The molecule has 0 aromatic heterocycles. The molecule has 2 amide bonds. The molecule has 8 heteroatoms. The van der Waals surface area contributed by atoms with Crippen molar-refractivity contribution in [3.8, 4) is 22.3 Å². The van der Waals surface area contributed by atoms with E-state index in [-0.39, 0.29) is 11.8 Å². The first kappa shape index (κ1) is 40.5. The molecule has 0 saturated carbocycles. The van der Waals surface area contributed by atoms with Gasteiger partial charge in [-0.2, -0.15) is 0 Å². The van der Waals surface area contributed by atoms with Crippen molar-refractivity contribution < 1.29 is 25.5 Å². The van der Waals surface area contributed by atoms with Gasteiger partial charge in [-0.15, -0.1) is 0 Å². The van der Waals surface area contributed by atoms with E-state index < -0.39 is 27.8 Å². The molecule has 0 heterocycles. The Bertz CT molecular complexity index is 2080. The Morgan fingerprint density at radius 2 is 1.04 bits per heavy atom. The Hall–Kier alpha value is -3.18. The van der Waals surface area contributed by atoms with Crippen molar-refractivity contribution >= 4 is 46.7 Å². The molecular formula is C46H54BCl2HfN2O2. The van der Waals surface area contributed by atoms with Crippen LogP contribution in [0, 0.1) is 53.4 Å². The molecule has 0 radical (unpaired) electrons. The number of amides is 2. The fourth-order valence-electron chi connectivity index (χ4n) is 9.52. The second-order valence-corrected chi connectivity index (χ2v) is 46.6. The summed E-state index contributed by atoms with van der Waals surface area (Å²) in [5.74, 6) is 0.274. The molecule has 54 heavy (non-hydrogen) atoms. The molecule has 4 aromatic carbocycles. The molecule has 0 aliphatic heterocycles. The number of aryl methyl sites for hydroxylation is 4. The van der Waals surface area contributed by atoms with Gasteiger partial charge in [0.05, 0.1) is 0 Å². The van der Waals surface area contributed by atoms with Crippen LogP contribution in [-0.2, 0) is 25.5 Å². The molecule has 0 spiro atoms. The van der Waals surface area contributed by atoms with E-state index in [1.807, 2.05) is 0 Å². The Labute approximate surface area is 331 Å². The Kier molecular flexibility index (Phi) is 11.5. The molecule has 4 aromatic rings. The SMILES string of the molecule is CCC(C)C1=Cc2c(-c3cc(C)cc(C)c3C)cccc2[CH]1[Hf]([Cl])([Cl])([B](NC=O)NC=O)[CH]1C(C(C)CC)=Cc2c(-c3cc(C)cc(C)c3C)cccc21. The van der Waals surface area contributed by atoms with E-state index in [1.54, 1.807) is 0 Å². The number of hydrogen-bond donors (Lipinski definition) is 2. The van der Waals surface area contributed by atoms with E-state index >= 15 is 0 Å². The van der Waals surface area contributed by atoms with Crippen LogP contribution in [0.5, 0.6) is 0 Å². The van der Waals surface area contributed by atoms with Gasteiger partial charge < -0.3 is 0 Å². The maximum absolute atomic E-state index is 12.6. The quantitative estimate of drug-likeness (QED) is 0.104. The van der Waals surface area contributed by atoms with Crippen molar-refractivity contribution in [2.45, 2.75) is 89.4 Å². The van der Waals surface area contributed by atoms with Gasteiger partial charge in [0.2, 0.25) is 0 Å². The Balaban J connectivity index is 1.73. The summed E-state index contributed by atoms with van der Waals surface area (Å²) in [7, 11) is 17.6. The summed E-state index contributed by atoms with van der Waals surface area (Å²) in [6.45, 7) is 21.9. The van der Waals surface area contributed by atoms with Crippen molar-refractivity contribution in [3.05, 3.63) is 127 Å². The number of rotatable bonds is 13. The van der Waals surface area contributed by atoms with Gasteiger partial charge in [0.25, 0.3) is 0 Å². The number of halogens is 2. The molecule has 2 aliphatic carbocycles. The van der Waals surface area contributed by atoms with Crippen LogP contribution in [0.25, 0.3) is 34.4 Å². The molecule has 0 fully saturated rings. The van der Waals surface area contributed by atoms with Crippen LogP contribution in [0.2, 0.25) is 0 Å². The third-order valence-corrected chi connectivity index (χ3v) is 41.3. The molecule has 281 valence electrons. The molecule has 4 unspecified atom stereocenters. The van der Waals surface area contributed by atoms with Gasteiger partial charge in [-0.05, 0) is 0 Å². The molecule has 2 N–H and O–H groups in total. The van der Waals surface area contributed by atoms with Crippen LogP contribution in [0.4, 0.5) is 0 Å². The number of carbonyl (C=O) groups excluding carboxylic acids is 2. The number of benzene rings is 4. The van der Waals surface area contributed by atoms with Gasteiger partial charge in [-0.1, -0.05) is 0 Å². The average Bonchev–Trinajstić information content (AvgIpc) is 3.75. The van der Waals surface area contributed by atoms with Crippen molar-refractivity contribution in [2.24, 2.45) is 11.8 Å². The standard InChI is InChI=1S/2C22H25.C2H3BN2O2.2ClH.Hf/c2*1-6-15(3)19-12-18-8-7-9-20(22(18)13-19)21-11-14(2)10-16(4)17(21)5;6-1-4-3-5-2-7;;;/h2*7-13,15H,6H2,1-5H3;1-2H,(H-,4,5,6,7);2*1H;/q;;;;;+1/p-1. The second-order valence-electron chi connectivity index (χ2n) is 16.1. The van der Waals surface area contributed by atoms with Gasteiger partial charge in [0.1, 0.15) is 0 Å². The van der Waals surface area contributed by atoms with Crippen molar-refractivity contribution in [1.82, 2.24) is 10.5 Å². The van der Waals surface area contributed by atoms with Gasteiger partial charge in [0.15, 0.2) is 0 Å². The van der Waals surface area contributed by atoms with E-state index in [0.717, 1.165) is 46.2 Å². The summed E-state index contributed by atoms with van der Waals surface area (Å²) in [5.41, 5.74) is 18.8.